The Morgan fingerprint density at radius 2 is 2.00 bits per heavy atom. The quantitative estimate of drug-likeness (QED) is 0.709. The van der Waals surface area contributed by atoms with Crippen LogP contribution in [0.5, 0.6) is 5.75 Å². The maximum absolute atomic E-state index is 5.55. The van der Waals surface area contributed by atoms with Crippen LogP contribution in [0.1, 0.15) is 30.0 Å². The highest BCUT2D eigenvalue weighted by atomic mass is 16.5. The van der Waals surface area contributed by atoms with E-state index in [1.807, 2.05) is 0 Å². The molecule has 1 aromatic carbocycles. The minimum atomic E-state index is 0.656. The Kier molecular flexibility index (Phi) is 6.89. The van der Waals surface area contributed by atoms with E-state index in [4.69, 9.17) is 10.5 Å². The molecule has 3 N–H and O–H groups in total. The topological polar surface area (TPSA) is 47.3 Å². The van der Waals surface area contributed by atoms with Crippen molar-refractivity contribution in [2.24, 2.45) is 11.7 Å². The third-order valence-electron chi connectivity index (χ3n) is 3.79. The summed E-state index contributed by atoms with van der Waals surface area (Å²) in [6.45, 7) is 9.37. The molecule has 108 valence electrons. The number of methoxy groups -OCH3 is 1. The molecule has 3 nitrogen and oxygen atoms in total. The van der Waals surface area contributed by atoms with Gasteiger partial charge in [0.1, 0.15) is 5.75 Å². The molecule has 1 rings (SSSR count). The second kappa shape index (κ2) is 8.18. The molecule has 0 aromatic heterocycles. The summed E-state index contributed by atoms with van der Waals surface area (Å²) in [5.74, 6) is 1.63. The largest absolute Gasteiger partial charge is 0.496 e. The van der Waals surface area contributed by atoms with Gasteiger partial charge in [-0.3, -0.25) is 0 Å². The van der Waals surface area contributed by atoms with Crippen LogP contribution < -0.4 is 15.8 Å². The first-order valence-electron chi connectivity index (χ1n) is 7.14. The van der Waals surface area contributed by atoms with E-state index < -0.39 is 0 Å². The Balaban J connectivity index is 2.44. The number of hydrogen-bond donors (Lipinski definition) is 2. The maximum Gasteiger partial charge on any atom is 0.122 e. The fourth-order valence-electron chi connectivity index (χ4n) is 2.30. The normalized spacial score (nSPS) is 12.5. The number of nitrogens with one attached hydrogen (secondary N) is 1. The lowest BCUT2D eigenvalue weighted by molar-refractivity contribution is 0.411. The second-order valence-electron chi connectivity index (χ2n) is 5.31. The summed E-state index contributed by atoms with van der Waals surface area (Å²) < 4.78 is 5.34. The number of rotatable bonds is 8. The molecule has 3 heteroatoms. The first kappa shape index (κ1) is 16.0. The Bertz CT molecular complexity index is 391. The van der Waals surface area contributed by atoms with Crippen molar-refractivity contribution in [2.75, 3.05) is 26.7 Å². The van der Waals surface area contributed by atoms with Gasteiger partial charge in [0.2, 0.25) is 0 Å². The molecule has 1 aromatic rings. The first-order chi connectivity index (χ1) is 9.10. The van der Waals surface area contributed by atoms with Crippen LogP contribution in [0.3, 0.4) is 0 Å². The van der Waals surface area contributed by atoms with Crippen LogP contribution in [0.2, 0.25) is 0 Å². The molecule has 0 heterocycles. The predicted octanol–water partition coefficient (Wildman–Crippen LogP) is 2.43. The molecule has 0 aliphatic heterocycles. The van der Waals surface area contributed by atoms with Gasteiger partial charge < -0.3 is 15.8 Å². The lowest BCUT2D eigenvalue weighted by Crippen LogP contribution is -2.25. The van der Waals surface area contributed by atoms with Crippen LogP contribution in [-0.2, 0) is 6.42 Å². The van der Waals surface area contributed by atoms with E-state index in [0.717, 1.165) is 38.2 Å². The van der Waals surface area contributed by atoms with Gasteiger partial charge in [0.15, 0.2) is 0 Å². The van der Waals surface area contributed by atoms with E-state index in [1.54, 1.807) is 7.11 Å². The second-order valence-corrected chi connectivity index (χ2v) is 5.31. The summed E-state index contributed by atoms with van der Waals surface area (Å²) in [6.07, 6.45) is 2.15. The van der Waals surface area contributed by atoms with Crippen molar-refractivity contribution in [2.45, 2.75) is 33.6 Å². The van der Waals surface area contributed by atoms with Crippen LogP contribution in [-0.4, -0.2) is 26.7 Å². The molecule has 0 spiro atoms. The van der Waals surface area contributed by atoms with Crippen LogP contribution in [0.4, 0.5) is 0 Å². The highest BCUT2D eigenvalue weighted by Gasteiger charge is 2.06. The zero-order chi connectivity index (χ0) is 14.3. The summed E-state index contributed by atoms with van der Waals surface area (Å²) in [6, 6.07) is 4.24. The van der Waals surface area contributed by atoms with Gasteiger partial charge in [-0.1, -0.05) is 13.0 Å². The van der Waals surface area contributed by atoms with Crippen molar-refractivity contribution in [1.29, 1.82) is 0 Å². The van der Waals surface area contributed by atoms with Gasteiger partial charge in [-0.05, 0) is 75.0 Å². The van der Waals surface area contributed by atoms with Crippen molar-refractivity contribution in [1.82, 2.24) is 5.32 Å². The van der Waals surface area contributed by atoms with Crippen molar-refractivity contribution in [3.63, 3.8) is 0 Å². The third kappa shape index (κ3) is 4.84. The number of benzene rings is 1. The van der Waals surface area contributed by atoms with Crippen molar-refractivity contribution >= 4 is 0 Å². The Labute approximate surface area is 117 Å². The van der Waals surface area contributed by atoms with Gasteiger partial charge in [0, 0.05) is 0 Å². The summed E-state index contributed by atoms with van der Waals surface area (Å²) in [4.78, 5) is 0. The molecule has 19 heavy (non-hydrogen) atoms. The van der Waals surface area contributed by atoms with E-state index >= 15 is 0 Å². The van der Waals surface area contributed by atoms with E-state index in [2.05, 4.69) is 38.2 Å². The average Bonchev–Trinajstić information content (AvgIpc) is 2.40. The molecule has 0 saturated carbocycles. The third-order valence-corrected chi connectivity index (χ3v) is 3.79. The predicted molar refractivity (Wildman–Crippen MR) is 81.9 cm³/mol. The molecule has 1 atom stereocenters. The molecule has 0 aliphatic carbocycles. The van der Waals surface area contributed by atoms with E-state index in [9.17, 15) is 0 Å². The molecular formula is C16H28N2O. The van der Waals surface area contributed by atoms with E-state index in [0.29, 0.717) is 5.92 Å². The summed E-state index contributed by atoms with van der Waals surface area (Å²) in [7, 11) is 1.72. The van der Waals surface area contributed by atoms with Crippen molar-refractivity contribution in [3.05, 3.63) is 28.8 Å². The van der Waals surface area contributed by atoms with Gasteiger partial charge in [-0.25, -0.2) is 0 Å². The molecule has 0 radical (unpaired) electrons. The van der Waals surface area contributed by atoms with Gasteiger partial charge >= 0.3 is 0 Å². The number of nitrogens with two attached hydrogens (primary N) is 1. The van der Waals surface area contributed by atoms with Gasteiger partial charge in [0.25, 0.3) is 0 Å². The number of hydrogen-bond acceptors (Lipinski definition) is 3. The highest BCUT2D eigenvalue weighted by molar-refractivity contribution is 5.43. The standard InChI is InChI=1S/C16H28N2O/c1-12(7-9-17)11-18-10-8-15-5-6-16(19-4)14(3)13(15)2/h5-6,12,18H,7-11,17H2,1-4H3. The first-order valence-corrected chi connectivity index (χ1v) is 7.14. The molecule has 0 amide bonds. The van der Waals surface area contributed by atoms with E-state index in [-0.39, 0.29) is 0 Å². The lowest BCUT2D eigenvalue weighted by atomic mass is 10.00. The lowest BCUT2D eigenvalue weighted by Gasteiger charge is -2.14. The zero-order valence-corrected chi connectivity index (χ0v) is 12.8. The summed E-state index contributed by atoms with van der Waals surface area (Å²) in [5.41, 5.74) is 9.54. The minimum Gasteiger partial charge on any atom is -0.496 e. The number of ether oxygens (including phenoxy) is 1. The summed E-state index contributed by atoms with van der Waals surface area (Å²) >= 11 is 0. The minimum absolute atomic E-state index is 0.656. The van der Waals surface area contributed by atoms with Gasteiger partial charge in [-0.15, -0.1) is 0 Å². The molecular weight excluding hydrogens is 236 g/mol. The fraction of sp³-hybridized carbons (Fsp3) is 0.625. The molecule has 0 aliphatic rings. The van der Waals surface area contributed by atoms with Crippen LogP contribution in [0, 0.1) is 19.8 Å². The van der Waals surface area contributed by atoms with Crippen LogP contribution >= 0.6 is 0 Å². The molecule has 0 fully saturated rings. The molecule has 0 saturated heterocycles. The molecule has 0 bridgehead atoms. The van der Waals surface area contributed by atoms with Crippen molar-refractivity contribution < 1.29 is 4.74 Å². The van der Waals surface area contributed by atoms with Gasteiger partial charge in [0.05, 0.1) is 7.11 Å². The van der Waals surface area contributed by atoms with Crippen molar-refractivity contribution in [3.8, 4) is 5.75 Å². The molecule has 1 unspecified atom stereocenters. The van der Waals surface area contributed by atoms with Crippen LogP contribution in [0.15, 0.2) is 12.1 Å². The maximum atomic E-state index is 5.55. The monoisotopic (exact) mass is 264 g/mol. The van der Waals surface area contributed by atoms with E-state index in [1.165, 1.54) is 16.7 Å². The Hall–Kier alpha value is -1.06. The summed E-state index contributed by atoms with van der Waals surface area (Å²) in [5, 5.41) is 3.51. The van der Waals surface area contributed by atoms with Gasteiger partial charge in [-0.2, -0.15) is 0 Å². The highest BCUT2D eigenvalue weighted by Crippen LogP contribution is 2.23. The Morgan fingerprint density at radius 1 is 1.26 bits per heavy atom. The fourth-order valence-corrected chi connectivity index (χ4v) is 2.30. The smallest absolute Gasteiger partial charge is 0.122 e. The average molecular weight is 264 g/mol. The zero-order valence-electron chi connectivity index (χ0n) is 12.8. The SMILES string of the molecule is COc1ccc(CCNCC(C)CCN)c(C)c1C. The Morgan fingerprint density at radius 3 is 2.63 bits per heavy atom. The van der Waals surface area contributed by atoms with Crippen LogP contribution in [0.25, 0.3) is 0 Å².